The molecule has 134 valence electrons. The molecule has 0 aliphatic heterocycles. The zero-order valence-corrected chi connectivity index (χ0v) is 14.2. The molecular weight excluding hydrogens is 338 g/mol. The van der Waals surface area contributed by atoms with E-state index in [0.717, 1.165) is 0 Å². The summed E-state index contributed by atoms with van der Waals surface area (Å²) in [5, 5.41) is 6.14. The van der Waals surface area contributed by atoms with Crippen molar-refractivity contribution < 1.29 is 23.9 Å². The molecule has 8 nitrogen and oxygen atoms in total. The number of ether oxygens (including phenoxy) is 2. The number of methoxy groups -OCH3 is 2. The van der Waals surface area contributed by atoms with Gasteiger partial charge in [0.05, 0.1) is 31.7 Å². The summed E-state index contributed by atoms with van der Waals surface area (Å²) in [6, 6.07) is 13.1. The molecule has 8 heteroatoms. The quantitative estimate of drug-likeness (QED) is 0.366. The Morgan fingerprint density at radius 2 is 1.65 bits per heavy atom. The van der Waals surface area contributed by atoms with Gasteiger partial charge in [-0.2, -0.15) is 5.10 Å². The standard InChI is InChI=1S/C18H17N3O5/c1-25-15-6-4-3-5-14(15)20-16(22)17(23)21-19-11-12-7-9-13(10-8-12)18(24)26-2/h3-11H,1-2H3,(H,20,22)(H,21,23)/b19-11+. The van der Waals surface area contributed by atoms with E-state index in [4.69, 9.17) is 4.74 Å². The lowest BCUT2D eigenvalue weighted by molar-refractivity contribution is -0.136. The molecule has 2 aromatic rings. The largest absolute Gasteiger partial charge is 0.495 e. The van der Waals surface area contributed by atoms with Crippen LogP contribution in [0.5, 0.6) is 5.75 Å². The van der Waals surface area contributed by atoms with Crippen LogP contribution in [0.2, 0.25) is 0 Å². The van der Waals surface area contributed by atoms with Crippen LogP contribution in [0.1, 0.15) is 15.9 Å². The topological polar surface area (TPSA) is 106 Å². The molecule has 2 N–H and O–H groups in total. The van der Waals surface area contributed by atoms with E-state index >= 15 is 0 Å². The summed E-state index contributed by atoms with van der Waals surface area (Å²) in [7, 11) is 2.75. The van der Waals surface area contributed by atoms with Crippen molar-refractivity contribution in [3.63, 3.8) is 0 Å². The van der Waals surface area contributed by atoms with Crippen LogP contribution in [0.4, 0.5) is 5.69 Å². The van der Waals surface area contributed by atoms with Crippen LogP contribution >= 0.6 is 0 Å². The molecule has 26 heavy (non-hydrogen) atoms. The third kappa shape index (κ3) is 4.91. The van der Waals surface area contributed by atoms with E-state index in [1.807, 2.05) is 0 Å². The average molecular weight is 355 g/mol. The SMILES string of the molecule is COC(=O)c1ccc(/C=N/NC(=O)C(=O)Nc2ccccc2OC)cc1. The van der Waals surface area contributed by atoms with E-state index in [2.05, 4.69) is 20.6 Å². The Morgan fingerprint density at radius 3 is 2.31 bits per heavy atom. The van der Waals surface area contributed by atoms with Crippen LogP contribution in [-0.4, -0.2) is 38.2 Å². The summed E-state index contributed by atoms with van der Waals surface area (Å²) in [4.78, 5) is 35.0. The molecule has 2 aromatic carbocycles. The molecule has 0 spiro atoms. The zero-order valence-electron chi connectivity index (χ0n) is 14.2. The summed E-state index contributed by atoms with van der Waals surface area (Å²) >= 11 is 0. The fourth-order valence-electron chi connectivity index (χ4n) is 1.97. The molecule has 0 unspecified atom stereocenters. The summed E-state index contributed by atoms with van der Waals surface area (Å²) in [6.45, 7) is 0. The second kappa shape index (κ2) is 8.97. The number of benzene rings is 2. The average Bonchev–Trinajstić information content (AvgIpc) is 2.68. The first-order valence-corrected chi connectivity index (χ1v) is 7.51. The summed E-state index contributed by atoms with van der Waals surface area (Å²) < 4.78 is 9.69. The Morgan fingerprint density at radius 1 is 0.962 bits per heavy atom. The van der Waals surface area contributed by atoms with E-state index in [9.17, 15) is 14.4 Å². The number of carbonyl (C=O) groups is 3. The van der Waals surface area contributed by atoms with Crippen molar-refractivity contribution in [3.8, 4) is 5.75 Å². The summed E-state index contributed by atoms with van der Waals surface area (Å²) in [5.74, 6) is -1.83. The van der Waals surface area contributed by atoms with E-state index in [1.54, 1.807) is 48.5 Å². The third-order valence-electron chi connectivity index (χ3n) is 3.27. The van der Waals surface area contributed by atoms with Crippen LogP contribution in [0.3, 0.4) is 0 Å². The van der Waals surface area contributed by atoms with Crippen molar-refractivity contribution in [2.45, 2.75) is 0 Å². The molecule has 0 saturated heterocycles. The lowest BCUT2D eigenvalue weighted by Crippen LogP contribution is -2.32. The molecule has 0 aliphatic carbocycles. The molecule has 2 amide bonds. The zero-order chi connectivity index (χ0) is 18.9. The molecule has 0 atom stereocenters. The van der Waals surface area contributed by atoms with Crippen LogP contribution < -0.4 is 15.5 Å². The fourth-order valence-corrected chi connectivity index (χ4v) is 1.97. The van der Waals surface area contributed by atoms with Gasteiger partial charge in [0.15, 0.2) is 0 Å². The third-order valence-corrected chi connectivity index (χ3v) is 3.27. The lowest BCUT2D eigenvalue weighted by Gasteiger charge is -2.08. The van der Waals surface area contributed by atoms with E-state index in [0.29, 0.717) is 22.6 Å². The second-order valence-corrected chi connectivity index (χ2v) is 4.97. The number of esters is 1. The highest BCUT2D eigenvalue weighted by atomic mass is 16.5. The van der Waals surface area contributed by atoms with Gasteiger partial charge in [0.2, 0.25) is 0 Å². The summed E-state index contributed by atoms with van der Waals surface area (Å²) in [6.07, 6.45) is 1.34. The number of amides is 2. The van der Waals surface area contributed by atoms with Crippen molar-refractivity contribution in [1.82, 2.24) is 5.43 Å². The van der Waals surface area contributed by atoms with Gasteiger partial charge in [-0.3, -0.25) is 9.59 Å². The maximum atomic E-state index is 11.9. The van der Waals surface area contributed by atoms with Crippen molar-refractivity contribution in [1.29, 1.82) is 0 Å². The van der Waals surface area contributed by atoms with Crippen LogP contribution in [0.15, 0.2) is 53.6 Å². The minimum Gasteiger partial charge on any atom is -0.495 e. The Balaban J connectivity index is 1.92. The molecule has 0 bridgehead atoms. The van der Waals surface area contributed by atoms with Crippen molar-refractivity contribution >= 4 is 29.7 Å². The molecule has 0 fully saturated rings. The number of nitrogens with zero attached hydrogens (tertiary/aromatic N) is 1. The number of nitrogens with one attached hydrogen (secondary N) is 2. The van der Waals surface area contributed by atoms with E-state index < -0.39 is 17.8 Å². The first-order chi connectivity index (χ1) is 12.5. The number of rotatable bonds is 5. The van der Waals surface area contributed by atoms with Gasteiger partial charge in [-0.05, 0) is 29.8 Å². The van der Waals surface area contributed by atoms with Crippen LogP contribution in [0.25, 0.3) is 0 Å². The first-order valence-electron chi connectivity index (χ1n) is 7.51. The van der Waals surface area contributed by atoms with E-state index in [-0.39, 0.29) is 0 Å². The molecule has 0 heterocycles. The van der Waals surface area contributed by atoms with Gasteiger partial charge in [0.25, 0.3) is 0 Å². The molecule has 0 saturated carbocycles. The van der Waals surface area contributed by atoms with Gasteiger partial charge in [0.1, 0.15) is 5.75 Å². The molecule has 0 aliphatic rings. The molecule has 0 radical (unpaired) electrons. The number of hydrazone groups is 1. The Hall–Kier alpha value is -3.68. The van der Waals surface area contributed by atoms with Crippen LogP contribution in [0, 0.1) is 0 Å². The number of hydrogen-bond acceptors (Lipinski definition) is 6. The lowest BCUT2D eigenvalue weighted by atomic mass is 10.1. The number of anilines is 1. The van der Waals surface area contributed by atoms with E-state index in [1.165, 1.54) is 20.4 Å². The second-order valence-electron chi connectivity index (χ2n) is 4.97. The molecule has 2 rings (SSSR count). The van der Waals surface area contributed by atoms with Crippen molar-refractivity contribution in [2.75, 3.05) is 19.5 Å². The number of carbonyl (C=O) groups excluding carboxylic acids is 3. The van der Waals surface area contributed by atoms with Gasteiger partial charge in [-0.15, -0.1) is 0 Å². The Bertz CT molecular complexity index is 831. The van der Waals surface area contributed by atoms with Crippen molar-refractivity contribution in [3.05, 3.63) is 59.7 Å². The van der Waals surface area contributed by atoms with Gasteiger partial charge in [-0.25, -0.2) is 10.2 Å². The summed E-state index contributed by atoms with van der Waals surface area (Å²) in [5.41, 5.74) is 3.52. The smallest absolute Gasteiger partial charge is 0.337 e. The Labute approximate surface area is 149 Å². The molecular formula is C18H17N3O5. The fraction of sp³-hybridized carbons (Fsp3) is 0.111. The van der Waals surface area contributed by atoms with Gasteiger partial charge in [0, 0.05) is 0 Å². The minimum absolute atomic E-state index is 0.373. The van der Waals surface area contributed by atoms with Gasteiger partial charge in [-0.1, -0.05) is 24.3 Å². The monoisotopic (exact) mass is 355 g/mol. The van der Waals surface area contributed by atoms with Gasteiger partial charge < -0.3 is 14.8 Å². The maximum absolute atomic E-state index is 11.9. The predicted molar refractivity (Wildman–Crippen MR) is 95.1 cm³/mol. The molecule has 0 aromatic heterocycles. The highest BCUT2D eigenvalue weighted by Crippen LogP contribution is 2.22. The van der Waals surface area contributed by atoms with Crippen molar-refractivity contribution in [2.24, 2.45) is 5.10 Å². The maximum Gasteiger partial charge on any atom is 0.337 e. The van der Waals surface area contributed by atoms with Gasteiger partial charge >= 0.3 is 17.8 Å². The predicted octanol–water partition coefficient (Wildman–Crippen LogP) is 1.57. The first kappa shape index (κ1) is 18.7. The number of hydrogen-bond donors (Lipinski definition) is 2. The highest BCUT2D eigenvalue weighted by Gasteiger charge is 2.14. The highest BCUT2D eigenvalue weighted by molar-refractivity contribution is 6.39. The minimum atomic E-state index is -0.932. The normalized spacial score (nSPS) is 10.2. The Kier molecular flexibility index (Phi) is 6.44. The van der Waals surface area contributed by atoms with Crippen LogP contribution in [-0.2, 0) is 14.3 Å². The number of para-hydroxylation sites is 2.